The Kier molecular flexibility index (Phi) is 3.46. The highest BCUT2D eigenvalue weighted by Gasteiger charge is 2.34. The molecule has 1 rings (SSSR count). The topological polar surface area (TPSA) is 43.1 Å². The number of hydrogen-bond acceptors (Lipinski definition) is 3. The second kappa shape index (κ2) is 4.28. The fourth-order valence-corrected chi connectivity index (χ4v) is 1.79. The largest absolute Gasteiger partial charge is 0.446 e. The highest BCUT2D eigenvalue weighted by Crippen LogP contribution is 2.44. The molecular weight excluding hydrogens is 255 g/mol. The lowest BCUT2D eigenvalue weighted by atomic mass is 10.3. The van der Waals surface area contributed by atoms with Crippen LogP contribution in [0.15, 0.2) is 23.1 Å². The van der Waals surface area contributed by atoms with E-state index in [0.717, 1.165) is 6.07 Å². The summed E-state index contributed by atoms with van der Waals surface area (Å²) in [7, 11) is 0. The highest BCUT2D eigenvalue weighted by atomic mass is 35.5. The van der Waals surface area contributed by atoms with Gasteiger partial charge in [0, 0.05) is 6.07 Å². The minimum Gasteiger partial charge on any atom is -0.258 e. The van der Waals surface area contributed by atoms with Crippen LogP contribution in [0.5, 0.6) is 0 Å². The molecule has 0 radical (unpaired) electrons. The zero-order valence-corrected chi connectivity index (χ0v) is 8.49. The quantitative estimate of drug-likeness (QED) is 0.459. The van der Waals surface area contributed by atoms with Crippen LogP contribution in [-0.2, 0) is 0 Å². The molecule has 15 heavy (non-hydrogen) atoms. The summed E-state index contributed by atoms with van der Waals surface area (Å²) in [5, 5.41) is 10.1. The van der Waals surface area contributed by atoms with Crippen LogP contribution in [0.4, 0.5) is 18.9 Å². The van der Waals surface area contributed by atoms with Crippen LogP contribution in [0.3, 0.4) is 0 Å². The number of thioether (sulfide) groups is 1. The van der Waals surface area contributed by atoms with Crippen LogP contribution in [0, 0.1) is 10.1 Å². The first kappa shape index (κ1) is 12.1. The maximum absolute atomic E-state index is 12.0. The molecular formula is C7H3ClF3NO2S. The van der Waals surface area contributed by atoms with E-state index in [1.54, 1.807) is 0 Å². The van der Waals surface area contributed by atoms with Gasteiger partial charge in [0.2, 0.25) is 0 Å². The van der Waals surface area contributed by atoms with Crippen LogP contribution >= 0.6 is 23.4 Å². The Bertz CT molecular complexity index is 396. The first-order valence-corrected chi connectivity index (χ1v) is 4.69. The number of nitro groups is 1. The second-order valence-electron chi connectivity index (χ2n) is 2.39. The minimum atomic E-state index is -4.60. The van der Waals surface area contributed by atoms with E-state index in [1.165, 1.54) is 12.1 Å². The van der Waals surface area contributed by atoms with Crippen LogP contribution in [-0.4, -0.2) is 10.4 Å². The van der Waals surface area contributed by atoms with Crippen molar-refractivity contribution < 1.29 is 18.1 Å². The molecule has 0 spiro atoms. The molecule has 0 fully saturated rings. The predicted octanol–water partition coefficient (Wildman–Crippen LogP) is 3.86. The zero-order chi connectivity index (χ0) is 11.6. The summed E-state index contributed by atoms with van der Waals surface area (Å²) in [6.45, 7) is 0. The third-order valence-electron chi connectivity index (χ3n) is 1.36. The van der Waals surface area contributed by atoms with Gasteiger partial charge in [-0.25, -0.2) is 0 Å². The monoisotopic (exact) mass is 257 g/mol. The van der Waals surface area contributed by atoms with Crippen molar-refractivity contribution in [2.24, 2.45) is 0 Å². The smallest absolute Gasteiger partial charge is 0.258 e. The van der Waals surface area contributed by atoms with Gasteiger partial charge in [-0.15, -0.1) is 0 Å². The van der Waals surface area contributed by atoms with E-state index in [9.17, 15) is 23.3 Å². The second-order valence-corrected chi connectivity index (χ2v) is 3.88. The Morgan fingerprint density at radius 2 is 2.00 bits per heavy atom. The number of alkyl halides is 3. The van der Waals surface area contributed by atoms with Crippen molar-refractivity contribution in [2.45, 2.75) is 10.4 Å². The van der Waals surface area contributed by atoms with Crippen LogP contribution in [0.1, 0.15) is 0 Å². The van der Waals surface area contributed by atoms with E-state index in [-0.39, 0.29) is 5.02 Å². The summed E-state index contributed by atoms with van der Waals surface area (Å²) in [6.07, 6.45) is 0. The van der Waals surface area contributed by atoms with Crippen LogP contribution in [0.2, 0.25) is 5.02 Å². The Labute approximate surface area is 91.4 Å². The molecule has 0 N–H and O–H groups in total. The van der Waals surface area contributed by atoms with Crippen molar-refractivity contribution in [1.82, 2.24) is 0 Å². The average molecular weight is 258 g/mol. The summed E-state index contributed by atoms with van der Waals surface area (Å²) < 4.78 is 36.1. The maximum Gasteiger partial charge on any atom is 0.446 e. The normalized spacial score (nSPS) is 11.5. The Balaban J connectivity index is 3.19. The van der Waals surface area contributed by atoms with Crippen molar-refractivity contribution in [3.8, 4) is 0 Å². The molecule has 3 nitrogen and oxygen atoms in total. The third kappa shape index (κ3) is 3.28. The van der Waals surface area contributed by atoms with E-state index in [1.807, 2.05) is 0 Å². The first-order valence-electron chi connectivity index (χ1n) is 3.50. The Hall–Kier alpha value is -0.950. The molecule has 1 aromatic carbocycles. The van der Waals surface area contributed by atoms with Crippen molar-refractivity contribution in [2.75, 3.05) is 0 Å². The van der Waals surface area contributed by atoms with Crippen molar-refractivity contribution in [1.29, 1.82) is 0 Å². The first-order chi connectivity index (χ1) is 6.81. The van der Waals surface area contributed by atoms with Gasteiger partial charge < -0.3 is 0 Å². The van der Waals surface area contributed by atoms with Gasteiger partial charge in [0.1, 0.15) is 4.90 Å². The maximum atomic E-state index is 12.0. The van der Waals surface area contributed by atoms with E-state index in [4.69, 9.17) is 11.6 Å². The third-order valence-corrected chi connectivity index (χ3v) is 2.65. The van der Waals surface area contributed by atoms with E-state index in [0.29, 0.717) is 0 Å². The number of benzene rings is 1. The van der Waals surface area contributed by atoms with E-state index >= 15 is 0 Å². The number of rotatable bonds is 2. The minimum absolute atomic E-state index is 0.286. The van der Waals surface area contributed by atoms with Gasteiger partial charge in [-0.3, -0.25) is 10.1 Å². The Morgan fingerprint density at radius 3 is 2.47 bits per heavy atom. The summed E-state index contributed by atoms with van der Waals surface area (Å²) in [4.78, 5) is 8.94. The van der Waals surface area contributed by atoms with Gasteiger partial charge in [0.15, 0.2) is 0 Å². The molecule has 1 aromatic rings. The number of halogens is 4. The van der Waals surface area contributed by atoms with Crippen molar-refractivity contribution in [3.63, 3.8) is 0 Å². The lowest BCUT2D eigenvalue weighted by Crippen LogP contribution is -2.01. The SMILES string of the molecule is O=[N+]([O-])c1cccc(Cl)c1SC(F)(F)F. The van der Waals surface area contributed by atoms with Crippen LogP contribution < -0.4 is 0 Å². The average Bonchev–Trinajstić information content (AvgIpc) is 2.05. The molecule has 0 aliphatic carbocycles. The molecule has 0 unspecified atom stereocenters. The molecule has 8 heteroatoms. The molecule has 0 amide bonds. The standard InChI is InChI=1S/C7H3ClF3NO2S/c8-4-2-1-3-5(12(13)14)6(4)15-7(9,10)11/h1-3H. The van der Waals surface area contributed by atoms with Crippen molar-refractivity contribution >= 4 is 29.1 Å². The number of nitro benzene ring substituents is 1. The van der Waals surface area contributed by atoms with E-state index in [2.05, 4.69) is 0 Å². The molecule has 0 bridgehead atoms. The predicted molar refractivity (Wildman–Crippen MR) is 50.0 cm³/mol. The molecule has 82 valence electrons. The molecule has 0 aliphatic heterocycles. The van der Waals surface area contributed by atoms with E-state index < -0.39 is 32.8 Å². The summed E-state index contributed by atoms with van der Waals surface area (Å²) in [5.41, 5.74) is -5.25. The number of hydrogen-bond donors (Lipinski definition) is 0. The fraction of sp³-hybridized carbons (Fsp3) is 0.143. The lowest BCUT2D eigenvalue weighted by molar-refractivity contribution is -0.387. The van der Waals surface area contributed by atoms with Gasteiger partial charge in [0.05, 0.1) is 9.95 Å². The van der Waals surface area contributed by atoms with Gasteiger partial charge in [0.25, 0.3) is 5.69 Å². The van der Waals surface area contributed by atoms with Crippen molar-refractivity contribution in [3.05, 3.63) is 33.3 Å². The molecule has 0 saturated carbocycles. The molecule has 0 saturated heterocycles. The lowest BCUT2D eigenvalue weighted by Gasteiger charge is -2.07. The fourth-order valence-electron chi connectivity index (χ4n) is 0.858. The molecule has 0 atom stereocenters. The van der Waals surface area contributed by atoms with Gasteiger partial charge in [-0.05, 0) is 17.8 Å². The molecule has 0 aromatic heterocycles. The van der Waals surface area contributed by atoms with Gasteiger partial charge >= 0.3 is 5.51 Å². The highest BCUT2D eigenvalue weighted by molar-refractivity contribution is 8.00. The zero-order valence-electron chi connectivity index (χ0n) is 6.92. The van der Waals surface area contributed by atoms with Gasteiger partial charge in [-0.2, -0.15) is 13.2 Å². The summed E-state index contributed by atoms with van der Waals surface area (Å²) in [5.74, 6) is 0. The summed E-state index contributed by atoms with van der Waals surface area (Å²) >= 11 is 4.86. The Morgan fingerprint density at radius 1 is 1.40 bits per heavy atom. The summed E-state index contributed by atoms with van der Waals surface area (Å²) in [6, 6.07) is 3.36. The molecule has 0 aliphatic rings. The molecule has 0 heterocycles. The van der Waals surface area contributed by atoms with Crippen LogP contribution in [0.25, 0.3) is 0 Å². The number of nitrogens with zero attached hydrogens (tertiary/aromatic N) is 1. The van der Waals surface area contributed by atoms with Gasteiger partial charge in [-0.1, -0.05) is 17.7 Å².